The number of aliphatic hydroxyl groups excluding tert-OH is 2. The zero-order chi connectivity index (χ0) is 7.98. The normalized spacial score (nSPS) is 14.3. The molecule has 0 aromatic rings. The van der Waals surface area contributed by atoms with Crippen LogP contribution in [0.1, 0.15) is 13.3 Å². The lowest BCUT2D eigenvalue weighted by Gasteiger charge is -2.03. The van der Waals surface area contributed by atoms with Gasteiger partial charge in [-0.1, -0.05) is 19.4 Å². The summed E-state index contributed by atoms with van der Waals surface area (Å²) in [5.41, 5.74) is 0. The van der Waals surface area contributed by atoms with Crippen LogP contribution in [0.25, 0.3) is 0 Å². The Morgan fingerprint density at radius 3 is 2.70 bits per heavy atom. The van der Waals surface area contributed by atoms with Crippen molar-refractivity contribution in [3.63, 3.8) is 0 Å². The van der Waals surface area contributed by atoms with E-state index in [4.69, 9.17) is 10.2 Å². The van der Waals surface area contributed by atoms with Gasteiger partial charge in [-0.2, -0.15) is 0 Å². The topological polar surface area (TPSA) is 57.5 Å². The number of aliphatic hydroxyl groups is 2. The Bertz CT molecular complexity index is 105. The maximum atomic E-state index is 10.8. The molecule has 0 rings (SSSR count). The minimum Gasteiger partial charge on any atom is -0.393 e. The second-order valence-electron chi connectivity index (χ2n) is 2.27. The molecule has 3 nitrogen and oxygen atoms in total. The number of hydrogen-bond donors (Lipinski definition) is 2. The van der Waals surface area contributed by atoms with E-state index in [1.807, 2.05) is 6.92 Å². The van der Waals surface area contributed by atoms with Crippen molar-refractivity contribution in [2.75, 3.05) is 6.61 Å². The van der Waals surface area contributed by atoms with Crippen molar-refractivity contribution in [1.82, 2.24) is 0 Å². The molecule has 0 radical (unpaired) electrons. The van der Waals surface area contributed by atoms with Gasteiger partial charge in [-0.3, -0.25) is 0 Å². The number of hydrogen-bond acceptors (Lipinski definition) is 3. The summed E-state index contributed by atoms with van der Waals surface area (Å²) in [7, 11) is -0.772. The molecule has 0 fully saturated rings. The third-order valence-electron chi connectivity index (χ3n) is 1.32. The van der Waals surface area contributed by atoms with Crippen LogP contribution in [0.3, 0.4) is 0 Å². The zero-order valence-electron chi connectivity index (χ0n) is 6.21. The van der Waals surface area contributed by atoms with Gasteiger partial charge in [-0.05, 0) is 0 Å². The largest absolute Gasteiger partial charge is 0.393 e. The molecule has 1 atom stereocenters. The Kier molecular flexibility index (Phi) is 5.47. The number of carbonyl (C=O) groups excluding carboxylic acids is 1. The minimum atomic E-state index is -1.10. The molecule has 10 heavy (non-hydrogen) atoms. The molecule has 0 aromatic carbocycles. The molecule has 0 saturated carbocycles. The molecular weight excluding hydrogens is 148 g/mol. The molecule has 0 saturated heterocycles. The highest BCUT2D eigenvalue weighted by molar-refractivity contribution is 6.74. The first-order chi connectivity index (χ1) is 4.72. The SMILES string of the molecule is CCC[SiH2]C(=O)C(O)CO. The van der Waals surface area contributed by atoms with Crippen LogP contribution in [0.15, 0.2) is 0 Å². The number of rotatable bonds is 5. The van der Waals surface area contributed by atoms with Crippen LogP contribution in [0.5, 0.6) is 0 Å². The molecule has 60 valence electrons. The summed E-state index contributed by atoms with van der Waals surface area (Å²) in [4.78, 5) is 10.8. The van der Waals surface area contributed by atoms with Crippen molar-refractivity contribution in [3.05, 3.63) is 0 Å². The van der Waals surface area contributed by atoms with E-state index in [1.165, 1.54) is 0 Å². The first-order valence-electron chi connectivity index (χ1n) is 3.54. The second kappa shape index (κ2) is 5.58. The van der Waals surface area contributed by atoms with Crippen molar-refractivity contribution in [3.8, 4) is 0 Å². The van der Waals surface area contributed by atoms with Gasteiger partial charge in [0.05, 0.1) is 6.61 Å². The first-order valence-corrected chi connectivity index (χ1v) is 5.24. The van der Waals surface area contributed by atoms with Crippen LogP contribution < -0.4 is 0 Å². The summed E-state index contributed by atoms with van der Waals surface area (Å²) in [6, 6.07) is 0.926. The molecule has 0 heterocycles. The van der Waals surface area contributed by atoms with Gasteiger partial charge in [-0.25, -0.2) is 0 Å². The summed E-state index contributed by atoms with van der Waals surface area (Å²) in [6.45, 7) is 1.58. The third kappa shape index (κ3) is 3.76. The summed E-state index contributed by atoms with van der Waals surface area (Å²) in [5, 5.41) is 17.0. The second-order valence-corrected chi connectivity index (χ2v) is 4.17. The van der Waals surface area contributed by atoms with Crippen molar-refractivity contribution >= 4 is 14.9 Å². The van der Waals surface area contributed by atoms with Gasteiger partial charge >= 0.3 is 0 Å². The van der Waals surface area contributed by atoms with E-state index in [9.17, 15) is 4.79 Å². The maximum Gasteiger partial charge on any atom is 0.134 e. The van der Waals surface area contributed by atoms with Crippen LogP contribution in [-0.4, -0.2) is 37.9 Å². The summed E-state index contributed by atoms with van der Waals surface area (Å²) in [5.74, 6) is 0. The monoisotopic (exact) mass is 162 g/mol. The lowest BCUT2D eigenvalue weighted by atomic mass is 10.4. The highest BCUT2D eigenvalue weighted by atomic mass is 28.2. The molecule has 0 aromatic heterocycles. The van der Waals surface area contributed by atoms with E-state index in [1.54, 1.807) is 0 Å². The smallest absolute Gasteiger partial charge is 0.134 e. The van der Waals surface area contributed by atoms with Crippen molar-refractivity contribution in [1.29, 1.82) is 0 Å². The fraction of sp³-hybridized carbons (Fsp3) is 0.833. The summed E-state index contributed by atoms with van der Waals surface area (Å²) < 4.78 is 0. The highest BCUT2D eigenvalue weighted by Crippen LogP contribution is 1.90. The molecule has 0 bridgehead atoms. The molecule has 0 amide bonds. The van der Waals surface area contributed by atoms with Crippen LogP contribution >= 0.6 is 0 Å². The van der Waals surface area contributed by atoms with E-state index >= 15 is 0 Å². The fourth-order valence-electron chi connectivity index (χ4n) is 0.619. The van der Waals surface area contributed by atoms with Crippen molar-refractivity contribution in [2.24, 2.45) is 0 Å². The van der Waals surface area contributed by atoms with E-state index in [2.05, 4.69) is 0 Å². The maximum absolute atomic E-state index is 10.8. The molecule has 0 aliphatic heterocycles. The Labute approximate surface area is 62.9 Å². The quantitative estimate of drug-likeness (QED) is 0.503. The Morgan fingerprint density at radius 1 is 1.70 bits per heavy atom. The molecular formula is C6H14O3Si. The van der Waals surface area contributed by atoms with E-state index in [0.717, 1.165) is 12.5 Å². The van der Waals surface area contributed by atoms with E-state index < -0.39 is 22.2 Å². The molecule has 2 N–H and O–H groups in total. The van der Waals surface area contributed by atoms with Gasteiger partial charge < -0.3 is 15.0 Å². The third-order valence-corrected chi connectivity index (χ3v) is 3.35. The molecule has 4 heteroatoms. The molecule has 0 spiro atoms. The average Bonchev–Trinajstić information content (AvgIpc) is 1.98. The Balaban J connectivity index is 3.42. The van der Waals surface area contributed by atoms with Gasteiger partial charge in [0, 0.05) is 0 Å². The van der Waals surface area contributed by atoms with Crippen LogP contribution in [0, 0.1) is 0 Å². The highest BCUT2D eigenvalue weighted by Gasteiger charge is 2.11. The van der Waals surface area contributed by atoms with Crippen molar-refractivity contribution < 1.29 is 15.0 Å². The standard InChI is InChI=1S/C6H14O3Si/c1-2-3-10-6(9)5(8)4-7/h5,7-8H,2-4,10H2,1H3. The van der Waals surface area contributed by atoms with Crippen LogP contribution in [-0.2, 0) is 4.79 Å². The summed E-state index contributed by atoms with van der Waals surface area (Å²) in [6.07, 6.45) is -0.103. The predicted octanol–water partition coefficient (Wildman–Crippen LogP) is -1.14. The lowest BCUT2D eigenvalue weighted by Crippen LogP contribution is -2.28. The Hall–Kier alpha value is -0.193. The van der Waals surface area contributed by atoms with Crippen LogP contribution in [0.2, 0.25) is 6.04 Å². The van der Waals surface area contributed by atoms with Gasteiger partial charge in [-0.15, -0.1) is 0 Å². The predicted molar refractivity (Wildman–Crippen MR) is 41.7 cm³/mol. The van der Waals surface area contributed by atoms with E-state index in [-0.39, 0.29) is 5.41 Å². The first kappa shape index (κ1) is 9.81. The van der Waals surface area contributed by atoms with Gasteiger partial charge in [0.25, 0.3) is 0 Å². The van der Waals surface area contributed by atoms with Gasteiger partial charge in [0.1, 0.15) is 21.0 Å². The van der Waals surface area contributed by atoms with E-state index in [0.29, 0.717) is 0 Å². The lowest BCUT2D eigenvalue weighted by molar-refractivity contribution is -0.121. The minimum absolute atomic E-state index is 0.121. The Morgan fingerprint density at radius 2 is 2.30 bits per heavy atom. The molecule has 0 aliphatic carbocycles. The van der Waals surface area contributed by atoms with Gasteiger partial charge in [0.15, 0.2) is 0 Å². The fourth-order valence-corrected chi connectivity index (χ4v) is 1.78. The molecule has 0 aliphatic rings. The van der Waals surface area contributed by atoms with Gasteiger partial charge in [0.2, 0.25) is 0 Å². The summed E-state index contributed by atoms with van der Waals surface area (Å²) >= 11 is 0. The average molecular weight is 162 g/mol. The zero-order valence-corrected chi connectivity index (χ0v) is 7.62. The van der Waals surface area contributed by atoms with Crippen LogP contribution in [0.4, 0.5) is 0 Å². The number of carbonyl (C=O) groups is 1. The van der Waals surface area contributed by atoms with Crippen molar-refractivity contribution in [2.45, 2.75) is 25.5 Å². The molecule has 1 unspecified atom stereocenters.